The molecular weight excluding hydrogens is 468 g/mol. The van der Waals surface area contributed by atoms with E-state index in [1.807, 2.05) is 59.8 Å². The van der Waals surface area contributed by atoms with Crippen LogP contribution in [0.4, 0.5) is 10.5 Å². The summed E-state index contributed by atoms with van der Waals surface area (Å²) in [5.74, 6) is 0.353. The monoisotopic (exact) mass is 500 g/mol. The molecule has 1 aliphatic heterocycles. The van der Waals surface area contributed by atoms with Gasteiger partial charge < -0.3 is 19.9 Å². The quantitative estimate of drug-likeness (QED) is 0.401. The van der Waals surface area contributed by atoms with Gasteiger partial charge in [-0.2, -0.15) is 0 Å². The van der Waals surface area contributed by atoms with Gasteiger partial charge in [0.15, 0.2) is 5.69 Å². The summed E-state index contributed by atoms with van der Waals surface area (Å²) in [6, 6.07) is 11.6. The Morgan fingerprint density at radius 1 is 1.05 bits per heavy atom. The fourth-order valence-electron chi connectivity index (χ4n) is 4.93. The first-order valence-electron chi connectivity index (χ1n) is 12.8. The first-order chi connectivity index (χ1) is 18.1. The molecule has 2 N–H and O–H groups in total. The fraction of sp³-hybridized carbons (Fsp3) is 0.370. The standard InChI is InChI=1S/C27H32N8O2/c1-3-23-25(31-32-35(23)4-2)26(36)34-14-10-21(11-15-34)20-5-7-22(8-6-20)30-27(37)29-18-19-9-13-33-16-12-28-24(33)17-19/h5-9,12-13,16-17,21H,3-4,10-11,14-15,18H2,1-2H3,(H2,29,30,37). The SMILES string of the molecule is CCc1c(C(=O)N2CCC(c3ccc(NC(=O)NCc4ccn5ccnc5c4)cc3)CC2)nnn1CC. The van der Waals surface area contributed by atoms with Crippen LogP contribution >= 0.6 is 0 Å². The van der Waals surface area contributed by atoms with Gasteiger partial charge >= 0.3 is 6.03 Å². The van der Waals surface area contributed by atoms with Crippen molar-refractivity contribution in [2.75, 3.05) is 18.4 Å². The molecule has 0 unspecified atom stereocenters. The predicted octanol–water partition coefficient (Wildman–Crippen LogP) is 3.85. The number of hydrogen-bond acceptors (Lipinski definition) is 5. The second-order valence-corrected chi connectivity index (χ2v) is 9.28. The molecular formula is C27H32N8O2. The zero-order valence-electron chi connectivity index (χ0n) is 21.2. The lowest BCUT2D eigenvalue weighted by atomic mass is 9.89. The minimum atomic E-state index is -0.255. The Morgan fingerprint density at radius 2 is 1.84 bits per heavy atom. The summed E-state index contributed by atoms with van der Waals surface area (Å²) in [6.45, 7) is 6.54. The van der Waals surface area contributed by atoms with Crippen molar-refractivity contribution < 1.29 is 9.59 Å². The molecule has 3 amide bonds. The van der Waals surface area contributed by atoms with Crippen molar-refractivity contribution in [3.63, 3.8) is 0 Å². The number of carbonyl (C=O) groups excluding carboxylic acids is 2. The lowest BCUT2D eigenvalue weighted by molar-refractivity contribution is 0.0705. The molecule has 10 heteroatoms. The summed E-state index contributed by atoms with van der Waals surface area (Å²) < 4.78 is 3.73. The first-order valence-corrected chi connectivity index (χ1v) is 12.8. The number of aromatic nitrogens is 5. The smallest absolute Gasteiger partial charge is 0.319 e. The summed E-state index contributed by atoms with van der Waals surface area (Å²) in [5, 5.41) is 14.1. The van der Waals surface area contributed by atoms with E-state index >= 15 is 0 Å². The third-order valence-corrected chi connectivity index (χ3v) is 7.01. The van der Waals surface area contributed by atoms with Gasteiger partial charge in [0.25, 0.3) is 5.91 Å². The highest BCUT2D eigenvalue weighted by atomic mass is 16.2. The molecule has 3 aromatic heterocycles. The Hall–Kier alpha value is -4.21. The molecule has 10 nitrogen and oxygen atoms in total. The second-order valence-electron chi connectivity index (χ2n) is 9.28. The van der Waals surface area contributed by atoms with Crippen molar-refractivity contribution in [1.29, 1.82) is 0 Å². The second kappa shape index (κ2) is 10.8. The molecule has 0 bridgehead atoms. The largest absolute Gasteiger partial charge is 0.337 e. The highest BCUT2D eigenvalue weighted by molar-refractivity contribution is 5.93. The number of pyridine rings is 1. The van der Waals surface area contributed by atoms with Gasteiger partial charge in [-0.15, -0.1) is 5.10 Å². The summed E-state index contributed by atoms with van der Waals surface area (Å²) in [4.78, 5) is 31.6. The topological polar surface area (TPSA) is 109 Å². The number of piperidine rings is 1. The zero-order chi connectivity index (χ0) is 25.8. The highest BCUT2D eigenvalue weighted by Crippen LogP contribution is 2.29. The van der Waals surface area contributed by atoms with Crippen LogP contribution in [-0.2, 0) is 19.5 Å². The number of nitrogens with zero attached hydrogens (tertiary/aromatic N) is 6. The number of aryl methyl sites for hydroxylation is 1. The van der Waals surface area contributed by atoms with Crippen LogP contribution in [-0.4, -0.2) is 54.3 Å². The maximum Gasteiger partial charge on any atom is 0.319 e. The van der Waals surface area contributed by atoms with E-state index in [0.29, 0.717) is 37.8 Å². The van der Waals surface area contributed by atoms with Crippen LogP contribution in [0.2, 0.25) is 0 Å². The number of fused-ring (bicyclic) bond motifs is 1. The summed E-state index contributed by atoms with van der Waals surface area (Å²) >= 11 is 0. The van der Waals surface area contributed by atoms with Gasteiger partial charge in [-0.3, -0.25) is 4.79 Å². The number of hydrogen-bond donors (Lipinski definition) is 2. The van der Waals surface area contributed by atoms with E-state index < -0.39 is 0 Å². The molecule has 0 saturated carbocycles. The molecule has 1 aromatic carbocycles. The van der Waals surface area contributed by atoms with Crippen LogP contribution < -0.4 is 10.6 Å². The van der Waals surface area contributed by atoms with Gasteiger partial charge in [-0.25, -0.2) is 14.5 Å². The number of anilines is 1. The lowest BCUT2D eigenvalue weighted by Gasteiger charge is -2.32. The number of rotatable bonds is 7. The first kappa shape index (κ1) is 24.5. The van der Waals surface area contributed by atoms with Crippen LogP contribution in [0.1, 0.15) is 59.9 Å². The van der Waals surface area contributed by atoms with Crippen LogP contribution in [0.25, 0.3) is 5.65 Å². The number of amides is 3. The van der Waals surface area contributed by atoms with E-state index in [4.69, 9.17) is 0 Å². The molecule has 37 heavy (non-hydrogen) atoms. The number of nitrogens with one attached hydrogen (secondary N) is 2. The summed E-state index contributed by atoms with van der Waals surface area (Å²) in [5.41, 5.74) is 5.18. The van der Waals surface area contributed by atoms with Crippen molar-refractivity contribution in [2.45, 2.75) is 52.1 Å². The molecule has 0 aliphatic carbocycles. The van der Waals surface area contributed by atoms with E-state index in [9.17, 15) is 9.59 Å². The van der Waals surface area contributed by atoms with E-state index in [2.05, 4.69) is 38.1 Å². The van der Waals surface area contributed by atoms with Gasteiger partial charge in [0, 0.05) is 50.5 Å². The molecule has 4 aromatic rings. The van der Waals surface area contributed by atoms with Gasteiger partial charge in [0.2, 0.25) is 0 Å². The third-order valence-electron chi connectivity index (χ3n) is 7.01. The van der Waals surface area contributed by atoms with Gasteiger partial charge in [-0.05, 0) is 67.5 Å². The minimum absolute atomic E-state index is 0.0229. The molecule has 0 atom stereocenters. The van der Waals surface area contributed by atoms with Crippen LogP contribution in [0, 0.1) is 0 Å². The van der Waals surface area contributed by atoms with Crippen molar-refractivity contribution >= 4 is 23.3 Å². The van der Waals surface area contributed by atoms with E-state index in [1.54, 1.807) is 10.9 Å². The van der Waals surface area contributed by atoms with Gasteiger partial charge in [-0.1, -0.05) is 24.3 Å². The molecule has 1 saturated heterocycles. The van der Waals surface area contributed by atoms with Crippen LogP contribution in [0.5, 0.6) is 0 Å². The Bertz CT molecular complexity index is 1380. The molecule has 192 valence electrons. The van der Waals surface area contributed by atoms with Gasteiger partial charge in [0.1, 0.15) is 5.65 Å². The van der Waals surface area contributed by atoms with Crippen molar-refractivity contribution in [1.82, 2.24) is 34.6 Å². The third kappa shape index (κ3) is 5.32. The lowest BCUT2D eigenvalue weighted by Crippen LogP contribution is -2.38. The number of imidazole rings is 1. The minimum Gasteiger partial charge on any atom is -0.337 e. The molecule has 0 spiro atoms. The maximum absolute atomic E-state index is 13.0. The van der Waals surface area contributed by atoms with Gasteiger partial charge in [0.05, 0.1) is 5.69 Å². The molecule has 5 rings (SSSR count). The number of benzene rings is 1. The Balaban J connectivity index is 1.11. The zero-order valence-corrected chi connectivity index (χ0v) is 21.2. The number of urea groups is 1. The summed E-state index contributed by atoms with van der Waals surface area (Å²) in [7, 11) is 0. The number of carbonyl (C=O) groups is 2. The molecule has 4 heterocycles. The van der Waals surface area contributed by atoms with E-state index in [1.165, 1.54) is 5.56 Å². The van der Waals surface area contributed by atoms with Crippen molar-refractivity contribution in [3.8, 4) is 0 Å². The maximum atomic E-state index is 13.0. The Labute approximate surface area is 215 Å². The predicted molar refractivity (Wildman–Crippen MR) is 140 cm³/mol. The normalized spacial score (nSPS) is 14.2. The Morgan fingerprint density at radius 3 is 2.57 bits per heavy atom. The van der Waals surface area contributed by atoms with Crippen LogP contribution in [0.3, 0.4) is 0 Å². The van der Waals surface area contributed by atoms with Crippen LogP contribution in [0.15, 0.2) is 55.0 Å². The molecule has 0 radical (unpaired) electrons. The average Bonchev–Trinajstić information content (AvgIpc) is 3.58. The average molecular weight is 501 g/mol. The Kier molecular flexibility index (Phi) is 7.16. The molecule has 1 fully saturated rings. The van der Waals surface area contributed by atoms with E-state index in [0.717, 1.165) is 41.9 Å². The molecule has 1 aliphatic rings. The fourth-order valence-corrected chi connectivity index (χ4v) is 4.93. The van der Waals surface area contributed by atoms with E-state index in [-0.39, 0.29) is 11.9 Å². The summed E-state index contributed by atoms with van der Waals surface area (Å²) in [6.07, 6.45) is 8.07. The highest BCUT2D eigenvalue weighted by Gasteiger charge is 2.28. The van der Waals surface area contributed by atoms with Crippen molar-refractivity contribution in [2.24, 2.45) is 0 Å². The van der Waals surface area contributed by atoms with Crippen molar-refractivity contribution in [3.05, 3.63) is 77.5 Å². The number of likely N-dealkylation sites (tertiary alicyclic amines) is 1.